The third kappa shape index (κ3) is 5.06. The molecule has 2 rings (SSSR count). The van der Waals surface area contributed by atoms with Gasteiger partial charge in [0.1, 0.15) is 0 Å². The van der Waals surface area contributed by atoms with E-state index in [1.807, 2.05) is 25.1 Å². The molecule has 7 heteroatoms. The number of carbonyl (C=O) groups is 1. The van der Waals surface area contributed by atoms with E-state index in [1.165, 1.54) is 24.3 Å². The summed E-state index contributed by atoms with van der Waals surface area (Å²) in [5, 5.41) is 11.3. The van der Waals surface area contributed by atoms with E-state index in [9.17, 15) is 13.2 Å². The van der Waals surface area contributed by atoms with Gasteiger partial charge >= 0.3 is 0 Å². The molecule has 0 aromatic heterocycles. The quantitative estimate of drug-likeness (QED) is 0.830. The minimum Gasteiger partial charge on any atom is -0.351 e. The van der Waals surface area contributed by atoms with Crippen LogP contribution in [0.2, 0.25) is 0 Å². The molecule has 0 fully saturated rings. The molecule has 0 radical (unpaired) electrons. The summed E-state index contributed by atoms with van der Waals surface area (Å²) in [7, 11) is -3.72. The third-order valence-corrected chi connectivity index (χ3v) is 4.92. The normalized spacial score (nSPS) is 12.0. The fraction of sp³-hybridized carbons (Fsp3) is 0.222. The molecular weight excluding hydrogens is 338 g/mol. The van der Waals surface area contributed by atoms with Crippen LogP contribution in [0.1, 0.15) is 22.8 Å². The van der Waals surface area contributed by atoms with Gasteiger partial charge in [-0.25, -0.2) is 8.42 Å². The van der Waals surface area contributed by atoms with Crippen LogP contribution in [-0.2, 0) is 10.0 Å². The zero-order valence-electron chi connectivity index (χ0n) is 14.0. The van der Waals surface area contributed by atoms with Gasteiger partial charge in [-0.2, -0.15) is 5.26 Å². The van der Waals surface area contributed by atoms with Crippen molar-refractivity contribution in [3.05, 3.63) is 59.7 Å². The Morgan fingerprint density at radius 3 is 2.28 bits per heavy atom. The van der Waals surface area contributed by atoms with E-state index in [0.717, 1.165) is 5.56 Å². The van der Waals surface area contributed by atoms with Crippen LogP contribution in [0.25, 0.3) is 0 Å². The third-order valence-electron chi connectivity index (χ3n) is 3.52. The van der Waals surface area contributed by atoms with Crippen molar-refractivity contribution in [1.29, 1.82) is 5.26 Å². The SMILES string of the molecule is Cc1ccc(NS(=O)(=O)c2ccc(C(=O)NCC(C)C#N)cc2)cc1. The van der Waals surface area contributed by atoms with Gasteiger partial charge in [0.2, 0.25) is 0 Å². The maximum atomic E-state index is 12.4. The van der Waals surface area contributed by atoms with Crippen molar-refractivity contribution < 1.29 is 13.2 Å². The predicted octanol–water partition coefficient (Wildman–Crippen LogP) is 2.69. The minimum atomic E-state index is -3.72. The Hall–Kier alpha value is -2.85. The maximum absolute atomic E-state index is 12.4. The second-order valence-electron chi connectivity index (χ2n) is 5.74. The van der Waals surface area contributed by atoms with E-state index in [0.29, 0.717) is 11.3 Å². The van der Waals surface area contributed by atoms with Crippen LogP contribution >= 0.6 is 0 Å². The van der Waals surface area contributed by atoms with Crippen molar-refractivity contribution >= 4 is 21.6 Å². The topological polar surface area (TPSA) is 99.1 Å². The average Bonchev–Trinajstić information content (AvgIpc) is 2.61. The average molecular weight is 357 g/mol. The highest BCUT2D eigenvalue weighted by molar-refractivity contribution is 7.92. The zero-order chi connectivity index (χ0) is 18.4. The number of amides is 1. The molecule has 0 heterocycles. The Kier molecular flexibility index (Phi) is 5.78. The Balaban J connectivity index is 2.09. The monoisotopic (exact) mass is 357 g/mol. The molecule has 1 atom stereocenters. The van der Waals surface area contributed by atoms with E-state index in [4.69, 9.17) is 5.26 Å². The van der Waals surface area contributed by atoms with Gasteiger partial charge in [-0.1, -0.05) is 17.7 Å². The summed E-state index contributed by atoms with van der Waals surface area (Å²) in [5.41, 5.74) is 1.83. The molecule has 0 aliphatic carbocycles. The lowest BCUT2D eigenvalue weighted by Crippen LogP contribution is -2.27. The molecule has 0 aliphatic heterocycles. The van der Waals surface area contributed by atoms with E-state index < -0.39 is 10.0 Å². The summed E-state index contributed by atoms with van der Waals surface area (Å²) in [6, 6.07) is 14.7. The van der Waals surface area contributed by atoms with E-state index in [2.05, 4.69) is 10.0 Å². The van der Waals surface area contributed by atoms with Gasteiger partial charge in [-0.05, 0) is 50.2 Å². The number of hydrogen-bond acceptors (Lipinski definition) is 4. The van der Waals surface area contributed by atoms with Gasteiger partial charge in [-0.3, -0.25) is 9.52 Å². The zero-order valence-corrected chi connectivity index (χ0v) is 14.8. The van der Waals surface area contributed by atoms with Gasteiger partial charge in [-0.15, -0.1) is 0 Å². The number of carbonyl (C=O) groups excluding carboxylic acids is 1. The smallest absolute Gasteiger partial charge is 0.261 e. The van der Waals surface area contributed by atoms with E-state index >= 15 is 0 Å². The van der Waals surface area contributed by atoms with Gasteiger partial charge in [0, 0.05) is 17.8 Å². The van der Waals surface area contributed by atoms with E-state index in [1.54, 1.807) is 19.1 Å². The van der Waals surface area contributed by atoms with Crippen molar-refractivity contribution in [3.63, 3.8) is 0 Å². The molecular formula is C18H19N3O3S. The number of rotatable bonds is 6. The summed E-state index contributed by atoms with van der Waals surface area (Å²) in [5.74, 6) is -0.639. The number of benzene rings is 2. The molecule has 6 nitrogen and oxygen atoms in total. The first kappa shape index (κ1) is 18.5. The van der Waals surface area contributed by atoms with Gasteiger partial charge in [0.25, 0.3) is 15.9 Å². The number of nitriles is 1. The lowest BCUT2D eigenvalue weighted by atomic mass is 10.2. The predicted molar refractivity (Wildman–Crippen MR) is 95.5 cm³/mol. The van der Waals surface area contributed by atoms with Crippen molar-refractivity contribution in [3.8, 4) is 6.07 Å². The van der Waals surface area contributed by atoms with Crippen LogP contribution in [0.4, 0.5) is 5.69 Å². The fourth-order valence-electron chi connectivity index (χ4n) is 2.01. The van der Waals surface area contributed by atoms with Crippen LogP contribution < -0.4 is 10.0 Å². The molecule has 0 aliphatic rings. The number of anilines is 1. The number of aryl methyl sites for hydroxylation is 1. The largest absolute Gasteiger partial charge is 0.351 e. The van der Waals surface area contributed by atoms with Gasteiger partial charge < -0.3 is 5.32 Å². The summed E-state index contributed by atoms with van der Waals surface area (Å²) in [4.78, 5) is 12.0. The lowest BCUT2D eigenvalue weighted by molar-refractivity contribution is 0.0950. The fourth-order valence-corrected chi connectivity index (χ4v) is 3.07. The molecule has 25 heavy (non-hydrogen) atoms. The van der Waals surface area contributed by atoms with E-state index in [-0.39, 0.29) is 23.3 Å². The molecule has 0 saturated heterocycles. The highest BCUT2D eigenvalue weighted by Gasteiger charge is 2.15. The van der Waals surface area contributed by atoms with Gasteiger partial charge in [0.15, 0.2) is 0 Å². The summed E-state index contributed by atoms with van der Waals surface area (Å²) < 4.78 is 27.2. The van der Waals surface area contributed by atoms with Crippen molar-refractivity contribution in [2.45, 2.75) is 18.7 Å². The Morgan fingerprint density at radius 1 is 1.12 bits per heavy atom. The molecule has 0 spiro atoms. The lowest BCUT2D eigenvalue weighted by Gasteiger charge is -2.10. The maximum Gasteiger partial charge on any atom is 0.261 e. The molecule has 2 aromatic rings. The van der Waals surface area contributed by atoms with Crippen LogP contribution in [0, 0.1) is 24.2 Å². The first-order valence-electron chi connectivity index (χ1n) is 7.69. The Bertz CT molecular complexity index is 883. The molecule has 1 amide bonds. The molecule has 0 saturated carbocycles. The van der Waals surface area contributed by atoms with Crippen molar-refractivity contribution in [1.82, 2.24) is 5.32 Å². The summed E-state index contributed by atoms with van der Waals surface area (Å²) >= 11 is 0. The van der Waals surface area contributed by atoms with Crippen LogP contribution in [0.5, 0.6) is 0 Å². The van der Waals surface area contributed by atoms with Crippen molar-refractivity contribution in [2.75, 3.05) is 11.3 Å². The molecule has 2 N–H and O–H groups in total. The Labute approximate surface area is 147 Å². The number of nitrogens with one attached hydrogen (secondary N) is 2. The summed E-state index contributed by atoms with van der Waals surface area (Å²) in [6.07, 6.45) is 0. The second kappa shape index (κ2) is 7.81. The molecule has 2 aromatic carbocycles. The molecule has 1 unspecified atom stereocenters. The first-order chi connectivity index (χ1) is 11.8. The molecule has 0 bridgehead atoms. The number of hydrogen-bond donors (Lipinski definition) is 2. The summed E-state index contributed by atoms with van der Waals surface area (Å²) in [6.45, 7) is 3.86. The van der Waals surface area contributed by atoms with Crippen LogP contribution in [0.3, 0.4) is 0 Å². The highest BCUT2D eigenvalue weighted by Crippen LogP contribution is 2.17. The molecule has 130 valence electrons. The van der Waals surface area contributed by atoms with Crippen LogP contribution in [-0.4, -0.2) is 20.9 Å². The Morgan fingerprint density at radius 2 is 1.72 bits per heavy atom. The highest BCUT2D eigenvalue weighted by atomic mass is 32.2. The first-order valence-corrected chi connectivity index (χ1v) is 9.17. The number of nitrogens with zero attached hydrogens (tertiary/aromatic N) is 1. The van der Waals surface area contributed by atoms with Gasteiger partial charge in [0.05, 0.1) is 16.9 Å². The van der Waals surface area contributed by atoms with Crippen LogP contribution in [0.15, 0.2) is 53.4 Å². The standard InChI is InChI=1S/C18H19N3O3S/c1-13-3-7-16(8-4-13)21-25(23,24)17-9-5-15(6-10-17)18(22)20-12-14(2)11-19/h3-10,14,21H,12H2,1-2H3,(H,20,22). The second-order valence-corrected chi connectivity index (χ2v) is 7.42. The number of sulfonamides is 1. The minimum absolute atomic E-state index is 0.0648. The van der Waals surface area contributed by atoms with Crippen molar-refractivity contribution in [2.24, 2.45) is 5.92 Å².